The van der Waals surface area contributed by atoms with E-state index in [0.29, 0.717) is 6.42 Å². The minimum absolute atomic E-state index is 0.0600. The van der Waals surface area contributed by atoms with Gasteiger partial charge < -0.3 is 10.2 Å². The Balaban J connectivity index is 1.40. The smallest absolute Gasteiger partial charge is 0.226 e. The molecule has 1 aromatic carbocycles. The number of hydrogen-bond acceptors (Lipinski definition) is 3. The molecule has 0 radical (unpaired) electrons. The molecule has 2 atom stereocenters. The summed E-state index contributed by atoms with van der Waals surface area (Å²) in [4.78, 5) is 14.7. The number of likely N-dealkylation sites (tertiary alicyclic amines) is 1. The molecule has 0 bridgehead atoms. The SMILES string of the molecule is CC1CC(C)CN(CCCNC(=O)Cc2[nH]nc3ccccc23)C1. The van der Waals surface area contributed by atoms with Crippen LogP contribution in [0.5, 0.6) is 0 Å². The van der Waals surface area contributed by atoms with E-state index in [0.717, 1.165) is 47.9 Å². The number of carbonyl (C=O) groups is 1. The number of amides is 1. The van der Waals surface area contributed by atoms with Gasteiger partial charge in [0.25, 0.3) is 0 Å². The predicted molar refractivity (Wildman–Crippen MR) is 96.8 cm³/mol. The van der Waals surface area contributed by atoms with Crippen LogP contribution >= 0.6 is 0 Å². The molecular weight excluding hydrogens is 300 g/mol. The number of aromatic nitrogens is 2. The van der Waals surface area contributed by atoms with E-state index in [-0.39, 0.29) is 5.91 Å². The van der Waals surface area contributed by atoms with Crippen molar-refractivity contribution < 1.29 is 4.79 Å². The highest BCUT2D eigenvalue weighted by molar-refractivity contribution is 5.87. The zero-order chi connectivity index (χ0) is 16.9. The van der Waals surface area contributed by atoms with Crippen LogP contribution in [-0.2, 0) is 11.2 Å². The van der Waals surface area contributed by atoms with Gasteiger partial charge in [0.05, 0.1) is 17.6 Å². The van der Waals surface area contributed by atoms with Crippen LogP contribution < -0.4 is 5.32 Å². The number of para-hydroxylation sites is 1. The van der Waals surface area contributed by atoms with Gasteiger partial charge in [-0.25, -0.2) is 0 Å². The van der Waals surface area contributed by atoms with Crippen LogP contribution in [0.2, 0.25) is 0 Å². The van der Waals surface area contributed by atoms with Crippen LogP contribution in [0, 0.1) is 11.8 Å². The summed E-state index contributed by atoms with van der Waals surface area (Å²) >= 11 is 0. The molecule has 1 saturated heterocycles. The molecule has 0 spiro atoms. The van der Waals surface area contributed by atoms with E-state index in [1.54, 1.807) is 0 Å². The largest absolute Gasteiger partial charge is 0.356 e. The summed E-state index contributed by atoms with van der Waals surface area (Å²) in [5.41, 5.74) is 1.80. The van der Waals surface area contributed by atoms with E-state index >= 15 is 0 Å². The third kappa shape index (κ3) is 4.35. The standard InChI is InChI=1S/C19H28N4O/c1-14-10-15(2)13-23(12-14)9-5-8-20-19(24)11-18-16-6-3-4-7-17(16)21-22-18/h3-4,6-7,14-15H,5,8-13H2,1-2H3,(H,20,24)(H,21,22). The van der Waals surface area contributed by atoms with E-state index in [9.17, 15) is 4.79 Å². The molecule has 2 heterocycles. The van der Waals surface area contributed by atoms with Crippen molar-refractivity contribution in [3.63, 3.8) is 0 Å². The van der Waals surface area contributed by atoms with E-state index in [4.69, 9.17) is 0 Å². The molecule has 1 aromatic heterocycles. The fourth-order valence-corrected chi connectivity index (χ4v) is 3.88. The average molecular weight is 328 g/mol. The molecule has 0 saturated carbocycles. The van der Waals surface area contributed by atoms with E-state index in [2.05, 4.69) is 34.3 Å². The first-order valence-electron chi connectivity index (χ1n) is 9.03. The minimum Gasteiger partial charge on any atom is -0.356 e. The van der Waals surface area contributed by atoms with Crippen LogP contribution in [0.3, 0.4) is 0 Å². The highest BCUT2D eigenvalue weighted by Gasteiger charge is 2.21. The fourth-order valence-electron chi connectivity index (χ4n) is 3.88. The van der Waals surface area contributed by atoms with E-state index in [1.165, 1.54) is 19.5 Å². The maximum atomic E-state index is 12.1. The van der Waals surface area contributed by atoms with Gasteiger partial charge in [-0.05, 0) is 37.3 Å². The summed E-state index contributed by atoms with van der Waals surface area (Å²) in [6.45, 7) is 8.86. The quantitative estimate of drug-likeness (QED) is 0.801. The van der Waals surface area contributed by atoms with Crippen molar-refractivity contribution in [2.75, 3.05) is 26.2 Å². The van der Waals surface area contributed by atoms with E-state index in [1.807, 2.05) is 24.3 Å². The van der Waals surface area contributed by atoms with Crippen LogP contribution in [0.1, 0.15) is 32.4 Å². The maximum absolute atomic E-state index is 12.1. The molecule has 24 heavy (non-hydrogen) atoms. The molecule has 0 aliphatic carbocycles. The summed E-state index contributed by atoms with van der Waals surface area (Å²) in [5, 5.41) is 11.3. The van der Waals surface area contributed by atoms with Gasteiger partial charge >= 0.3 is 0 Å². The summed E-state index contributed by atoms with van der Waals surface area (Å²) < 4.78 is 0. The summed E-state index contributed by atoms with van der Waals surface area (Å²) in [6, 6.07) is 7.88. The van der Waals surface area contributed by atoms with Gasteiger partial charge in [0, 0.05) is 25.0 Å². The number of nitrogens with zero attached hydrogens (tertiary/aromatic N) is 2. The first kappa shape index (κ1) is 17.0. The highest BCUT2D eigenvalue weighted by Crippen LogP contribution is 2.20. The second-order valence-corrected chi connectivity index (χ2v) is 7.31. The summed E-state index contributed by atoms with van der Waals surface area (Å²) in [5.74, 6) is 1.64. The molecule has 2 unspecified atom stereocenters. The number of hydrogen-bond donors (Lipinski definition) is 2. The van der Waals surface area contributed by atoms with Crippen molar-refractivity contribution in [2.45, 2.75) is 33.1 Å². The molecule has 1 aliphatic heterocycles. The topological polar surface area (TPSA) is 61.0 Å². The Kier molecular flexibility index (Phi) is 5.51. The van der Waals surface area contributed by atoms with Crippen molar-refractivity contribution in [3.8, 4) is 0 Å². The third-order valence-corrected chi connectivity index (χ3v) is 4.80. The molecule has 3 rings (SSSR count). The molecule has 1 fully saturated rings. The Morgan fingerprint density at radius 2 is 2.04 bits per heavy atom. The summed E-state index contributed by atoms with van der Waals surface area (Å²) in [7, 11) is 0. The number of carbonyl (C=O) groups excluding carboxylic acids is 1. The third-order valence-electron chi connectivity index (χ3n) is 4.80. The van der Waals surface area contributed by atoms with Crippen LogP contribution in [-0.4, -0.2) is 47.2 Å². The highest BCUT2D eigenvalue weighted by atomic mass is 16.1. The Labute approximate surface area is 143 Å². The van der Waals surface area contributed by atoms with Crippen molar-refractivity contribution in [2.24, 2.45) is 11.8 Å². The number of aromatic amines is 1. The van der Waals surface area contributed by atoms with Crippen molar-refractivity contribution in [1.82, 2.24) is 20.4 Å². The second-order valence-electron chi connectivity index (χ2n) is 7.31. The molecule has 5 heteroatoms. The van der Waals surface area contributed by atoms with Gasteiger partial charge in [-0.15, -0.1) is 0 Å². The van der Waals surface area contributed by atoms with Crippen LogP contribution in [0.4, 0.5) is 0 Å². The fraction of sp³-hybridized carbons (Fsp3) is 0.579. The van der Waals surface area contributed by atoms with Gasteiger partial charge in [0.2, 0.25) is 5.91 Å². The van der Waals surface area contributed by atoms with Crippen LogP contribution in [0.15, 0.2) is 24.3 Å². The first-order valence-corrected chi connectivity index (χ1v) is 9.03. The van der Waals surface area contributed by atoms with Gasteiger partial charge in [0.15, 0.2) is 0 Å². The Bertz CT molecular complexity index is 671. The Morgan fingerprint density at radius 1 is 1.29 bits per heavy atom. The first-order chi connectivity index (χ1) is 11.6. The average Bonchev–Trinajstić information content (AvgIpc) is 2.94. The lowest BCUT2D eigenvalue weighted by Gasteiger charge is -2.34. The zero-order valence-corrected chi connectivity index (χ0v) is 14.7. The monoisotopic (exact) mass is 328 g/mol. The minimum atomic E-state index is 0.0600. The number of H-pyrrole nitrogens is 1. The number of piperidine rings is 1. The molecule has 1 aliphatic rings. The van der Waals surface area contributed by atoms with Gasteiger partial charge in [-0.2, -0.15) is 5.10 Å². The molecule has 2 N–H and O–H groups in total. The van der Waals surface area contributed by atoms with Crippen molar-refractivity contribution >= 4 is 16.8 Å². The number of rotatable bonds is 6. The van der Waals surface area contributed by atoms with Crippen molar-refractivity contribution in [3.05, 3.63) is 30.0 Å². The number of benzene rings is 1. The number of nitrogens with one attached hydrogen (secondary N) is 2. The summed E-state index contributed by atoms with van der Waals surface area (Å²) in [6.07, 6.45) is 2.71. The zero-order valence-electron chi connectivity index (χ0n) is 14.7. The Morgan fingerprint density at radius 3 is 2.83 bits per heavy atom. The lowest BCUT2D eigenvalue weighted by Crippen LogP contribution is -2.40. The lowest BCUT2D eigenvalue weighted by atomic mass is 9.92. The van der Waals surface area contributed by atoms with E-state index < -0.39 is 0 Å². The van der Waals surface area contributed by atoms with Gasteiger partial charge in [0.1, 0.15) is 0 Å². The molecule has 130 valence electrons. The predicted octanol–water partition coefficient (Wildman–Crippen LogP) is 2.59. The Hall–Kier alpha value is -1.88. The molecule has 5 nitrogen and oxygen atoms in total. The van der Waals surface area contributed by atoms with Gasteiger partial charge in [-0.1, -0.05) is 32.0 Å². The number of fused-ring (bicyclic) bond motifs is 1. The maximum Gasteiger partial charge on any atom is 0.226 e. The van der Waals surface area contributed by atoms with Gasteiger partial charge in [-0.3, -0.25) is 9.89 Å². The second kappa shape index (κ2) is 7.79. The normalized spacial score (nSPS) is 21.9. The molecule has 2 aromatic rings. The molecular formula is C19H28N4O. The molecule has 1 amide bonds. The lowest BCUT2D eigenvalue weighted by molar-refractivity contribution is -0.120. The van der Waals surface area contributed by atoms with Crippen molar-refractivity contribution in [1.29, 1.82) is 0 Å². The van der Waals surface area contributed by atoms with Crippen LogP contribution in [0.25, 0.3) is 10.9 Å².